The molecule has 1 atom stereocenters. The highest BCUT2D eigenvalue weighted by molar-refractivity contribution is 8.00. The van der Waals surface area contributed by atoms with Crippen molar-refractivity contribution >= 4 is 29.1 Å². The first-order chi connectivity index (χ1) is 10.2. The number of carbonyl (C=O) groups is 1. The van der Waals surface area contributed by atoms with Crippen LogP contribution in [0.4, 0.5) is 0 Å². The largest absolute Gasteiger partial charge is 0.480 e. The third kappa shape index (κ3) is 3.12. The molecule has 2 aromatic heterocycles. The quantitative estimate of drug-likeness (QED) is 0.759. The molecule has 0 radical (unpaired) electrons. The molecule has 1 aliphatic rings. The maximum Gasteiger partial charge on any atom is 0.317 e. The minimum atomic E-state index is -0.933. The van der Waals surface area contributed by atoms with Crippen LogP contribution in [0.3, 0.4) is 0 Å². The monoisotopic (exact) mass is 325 g/mol. The Morgan fingerprint density at radius 3 is 2.90 bits per heavy atom. The number of carboxylic acid groups (broad SMARTS) is 1. The Balaban J connectivity index is 1.90. The van der Waals surface area contributed by atoms with E-state index < -0.39 is 11.2 Å². The molecule has 0 bridgehead atoms. The molecule has 6 nitrogen and oxygen atoms in total. The Kier molecular flexibility index (Phi) is 4.27. The summed E-state index contributed by atoms with van der Waals surface area (Å²) in [6, 6.07) is 4.32. The highest BCUT2D eigenvalue weighted by Crippen LogP contribution is 2.42. The fourth-order valence-corrected chi connectivity index (χ4v) is 3.79. The van der Waals surface area contributed by atoms with E-state index in [0.29, 0.717) is 11.2 Å². The summed E-state index contributed by atoms with van der Waals surface area (Å²) < 4.78 is 2.05. The maximum absolute atomic E-state index is 11.2. The van der Waals surface area contributed by atoms with Gasteiger partial charge in [-0.2, -0.15) is 0 Å². The molecule has 8 heteroatoms. The molecule has 0 spiro atoms. The van der Waals surface area contributed by atoms with E-state index in [4.69, 9.17) is 5.11 Å². The molecule has 1 unspecified atom stereocenters. The van der Waals surface area contributed by atoms with Crippen LogP contribution in [0, 0.1) is 0 Å². The second kappa shape index (κ2) is 6.17. The van der Waals surface area contributed by atoms with Gasteiger partial charge in [0.2, 0.25) is 0 Å². The van der Waals surface area contributed by atoms with Gasteiger partial charge in [0, 0.05) is 12.6 Å². The van der Waals surface area contributed by atoms with E-state index in [2.05, 4.69) is 10.2 Å². The zero-order valence-corrected chi connectivity index (χ0v) is 12.8. The summed E-state index contributed by atoms with van der Waals surface area (Å²) in [7, 11) is 0. The van der Waals surface area contributed by atoms with E-state index in [-0.39, 0.29) is 13.0 Å². The maximum atomic E-state index is 11.2. The van der Waals surface area contributed by atoms with E-state index in [0.717, 1.165) is 23.5 Å². The summed E-state index contributed by atoms with van der Waals surface area (Å²) in [5, 5.41) is 28.5. The van der Waals surface area contributed by atoms with Crippen LogP contribution in [0.25, 0.3) is 10.7 Å². The second-order valence-corrected chi connectivity index (χ2v) is 6.96. The number of thioether (sulfide) groups is 1. The molecular formula is C13H15N3O3S2. The topological polar surface area (TPSA) is 88.2 Å². The third-order valence-corrected chi connectivity index (χ3v) is 5.31. The van der Waals surface area contributed by atoms with Crippen molar-refractivity contribution in [3.05, 3.63) is 17.5 Å². The van der Waals surface area contributed by atoms with E-state index >= 15 is 0 Å². The average molecular weight is 325 g/mol. The van der Waals surface area contributed by atoms with Gasteiger partial charge in [-0.3, -0.25) is 9.36 Å². The van der Waals surface area contributed by atoms with Gasteiger partial charge in [0.05, 0.1) is 4.88 Å². The zero-order chi connectivity index (χ0) is 14.8. The summed E-state index contributed by atoms with van der Waals surface area (Å²) in [5.41, 5.74) is 0. The van der Waals surface area contributed by atoms with Crippen molar-refractivity contribution in [2.75, 3.05) is 6.61 Å². The van der Waals surface area contributed by atoms with Gasteiger partial charge in [0.25, 0.3) is 0 Å². The fourth-order valence-electron chi connectivity index (χ4n) is 2.07. The molecule has 2 N–H and O–H groups in total. The van der Waals surface area contributed by atoms with Crippen LogP contribution in [0.5, 0.6) is 0 Å². The van der Waals surface area contributed by atoms with Crippen LogP contribution in [0.15, 0.2) is 22.7 Å². The molecule has 0 aliphatic heterocycles. The Hall–Kier alpha value is -1.38. The SMILES string of the molecule is O=C(O)C(CCO)Sc1nnc(-c2cccs2)n1C1CC1. The molecule has 2 aromatic rings. The summed E-state index contributed by atoms with van der Waals surface area (Å²) in [6.45, 7) is -0.153. The van der Waals surface area contributed by atoms with Crippen LogP contribution < -0.4 is 0 Å². The molecule has 1 saturated carbocycles. The highest BCUT2D eigenvalue weighted by atomic mass is 32.2. The number of carboxylic acids is 1. The van der Waals surface area contributed by atoms with Crippen molar-refractivity contribution in [3.8, 4) is 10.7 Å². The van der Waals surface area contributed by atoms with Crippen molar-refractivity contribution in [1.82, 2.24) is 14.8 Å². The van der Waals surface area contributed by atoms with Crippen molar-refractivity contribution in [1.29, 1.82) is 0 Å². The number of aliphatic carboxylic acids is 1. The lowest BCUT2D eigenvalue weighted by molar-refractivity contribution is -0.136. The number of hydrogen-bond acceptors (Lipinski definition) is 6. The zero-order valence-electron chi connectivity index (χ0n) is 11.2. The predicted molar refractivity (Wildman–Crippen MR) is 80.6 cm³/mol. The fraction of sp³-hybridized carbons (Fsp3) is 0.462. The molecule has 0 amide bonds. The summed E-state index contributed by atoms with van der Waals surface area (Å²) >= 11 is 2.76. The number of aliphatic hydroxyl groups excluding tert-OH is 1. The van der Waals surface area contributed by atoms with E-state index in [1.807, 2.05) is 22.1 Å². The Morgan fingerprint density at radius 1 is 1.52 bits per heavy atom. The minimum Gasteiger partial charge on any atom is -0.480 e. The van der Waals surface area contributed by atoms with Gasteiger partial charge in [-0.25, -0.2) is 0 Å². The van der Waals surface area contributed by atoms with Crippen LogP contribution in [-0.4, -0.2) is 42.8 Å². The molecule has 1 aliphatic carbocycles. The number of hydrogen-bond donors (Lipinski definition) is 2. The van der Waals surface area contributed by atoms with Gasteiger partial charge in [-0.05, 0) is 30.7 Å². The van der Waals surface area contributed by atoms with Crippen LogP contribution >= 0.6 is 23.1 Å². The Labute approximate surface area is 129 Å². The lowest BCUT2D eigenvalue weighted by atomic mass is 10.3. The molecular weight excluding hydrogens is 310 g/mol. The van der Waals surface area contributed by atoms with Crippen LogP contribution in [0.1, 0.15) is 25.3 Å². The Bertz CT molecular complexity index is 623. The van der Waals surface area contributed by atoms with Gasteiger partial charge in [0.1, 0.15) is 5.25 Å². The smallest absolute Gasteiger partial charge is 0.317 e. The lowest BCUT2D eigenvalue weighted by Gasteiger charge is -2.12. The van der Waals surface area contributed by atoms with Crippen molar-refractivity contribution in [3.63, 3.8) is 0 Å². The summed E-state index contributed by atoms with van der Waals surface area (Å²) in [6.07, 6.45) is 2.34. The molecule has 21 heavy (non-hydrogen) atoms. The summed E-state index contributed by atoms with van der Waals surface area (Å²) in [4.78, 5) is 12.3. The van der Waals surface area contributed by atoms with Gasteiger partial charge >= 0.3 is 5.97 Å². The number of thiophene rings is 1. The third-order valence-electron chi connectivity index (χ3n) is 3.23. The number of aliphatic hydroxyl groups is 1. The number of aromatic nitrogens is 3. The van der Waals surface area contributed by atoms with Crippen molar-refractivity contribution < 1.29 is 15.0 Å². The lowest BCUT2D eigenvalue weighted by Crippen LogP contribution is -2.18. The van der Waals surface area contributed by atoms with Gasteiger partial charge in [0.15, 0.2) is 11.0 Å². The highest BCUT2D eigenvalue weighted by Gasteiger charge is 2.32. The van der Waals surface area contributed by atoms with E-state index in [1.54, 1.807) is 11.3 Å². The normalized spacial score (nSPS) is 16.0. The van der Waals surface area contributed by atoms with Gasteiger partial charge < -0.3 is 10.2 Å². The van der Waals surface area contributed by atoms with E-state index in [9.17, 15) is 9.90 Å². The average Bonchev–Trinajstić information content (AvgIpc) is 3.00. The molecule has 0 aromatic carbocycles. The minimum absolute atomic E-state index is 0.153. The molecule has 0 saturated heterocycles. The van der Waals surface area contributed by atoms with Crippen molar-refractivity contribution in [2.24, 2.45) is 0 Å². The first-order valence-electron chi connectivity index (χ1n) is 6.69. The first-order valence-corrected chi connectivity index (χ1v) is 8.45. The van der Waals surface area contributed by atoms with Gasteiger partial charge in [-0.15, -0.1) is 21.5 Å². The summed E-state index contributed by atoms with van der Waals surface area (Å²) in [5.74, 6) is -0.125. The second-order valence-electron chi connectivity index (χ2n) is 4.84. The van der Waals surface area contributed by atoms with Crippen LogP contribution in [0.2, 0.25) is 0 Å². The van der Waals surface area contributed by atoms with Crippen LogP contribution in [-0.2, 0) is 4.79 Å². The predicted octanol–water partition coefficient (Wildman–Crippen LogP) is 2.27. The number of nitrogens with zero attached hydrogens (tertiary/aromatic N) is 3. The molecule has 2 heterocycles. The standard InChI is InChI=1S/C13H15N3O3S2/c17-6-5-10(12(18)19)21-13-15-14-11(9-2-1-7-20-9)16(13)8-3-4-8/h1-2,7-8,10,17H,3-6H2,(H,18,19). The molecule has 1 fully saturated rings. The Morgan fingerprint density at radius 2 is 2.33 bits per heavy atom. The van der Waals surface area contributed by atoms with Crippen molar-refractivity contribution in [2.45, 2.75) is 35.7 Å². The van der Waals surface area contributed by atoms with Gasteiger partial charge in [-0.1, -0.05) is 17.8 Å². The molecule has 3 rings (SSSR count). The number of rotatable bonds is 7. The first kappa shape index (κ1) is 14.6. The molecule has 112 valence electrons. The van der Waals surface area contributed by atoms with E-state index in [1.165, 1.54) is 11.8 Å².